The zero-order valence-electron chi connectivity index (χ0n) is 10.4. The molecule has 1 amide bonds. The predicted molar refractivity (Wildman–Crippen MR) is 65.0 cm³/mol. The van der Waals surface area contributed by atoms with Gasteiger partial charge in [-0.25, -0.2) is 8.78 Å². The number of nitrogen functional groups attached to an aromatic ring is 1. The first-order chi connectivity index (χ1) is 8.40. The van der Waals surface area contributed by atoms with Crippen LogP contribution in [0.4, 0.5) is 14.5 Å². The summed E-state index contributed by atoms with van der Waals surface area (Å²) >= 11 is 0. The van der Waals surface area contributed by atoms with Crippen LogP contribution in [0.3, 0.4) is 0 Å². The number of hydrogen-bond acceptors (Lipinski definition) is 2. The molecule has 1 fully saturated rings. The first-order valence-electron chi connectivity index (χ1n) is 5.95. The molecule has 1 aromatic rings. The van der Waals surface area contributed by atoms with Crippen molar-refractivity contribution in [1.82, 2.24) is 4.90 Å². The summed E-state index contributed by atoms with van der Waals surface area (Å²) < 4.78 is 27.0. The molecule has 18 heavy (non-hydrogen) atoms. The van der Waals surface area contributed by atoms with Crippen molar-refractivity contribution in [3.05, 3.63) is 29.3 Å². The molecule has 5 heteroatoms. The molecular weight excluding hydrogens is 238 g/mol. The minimum atomic E-state index is -0.840. The van der Waals surface area contributed by atoms with Gasteiger partial charge in [0, 0.05) is 12.6 Å². The van der Waals surface area contributed by atoms with Crippen LogP contribution in [0.25, 0.3) is 0 Å². The van der Waals surface area contributed by atoms with E-state index >= 15 is 0 Å². The van der Waals surface area contributed by atoms with Gasteiger partial charge >= 0.3 is 0 Å². The van der Waals surface area contributed by atoms with Gasteiger partial charge in [-0.2, -0.15) is 0 Å². The van der Waals surface area contributed by atoms with E-state index in [0.717, 1.165) is 18.6 Å². The molecule has 0 aromatic heterocycles. The number of halogens is 2. The molecule has 3 nitrogen and oxygen atoms in total. The lowest BCUT2D eigenvalue weighted by Crippen LogP contribution is -2.34. The Kier molecular flexibility index (Phi) is 3.24. The van der Waals surface area contributed by atoms with Gasteiger partial charge < -0.3 is 10.6 Å². The number of rotatable bonds is 1. The van der Waals surface area contributed by atoms with E-state index in [4.69, 9.17) is 5.73 Å². The summed E-state index contributed by atoms with van der Waals surface area (Å²) in [5.74, 6) is -1.65. The van der Waals surface area contributed by atoms with Crippen LogP contribution >= 0.6 is 0 Å². The molecular formula is C13H16F2N2O. The predicted octanol–water partition coefficient (Wildman–Crippen LogP) is 2.42. The Bertz CT molecular complexity index is 490. The number of nitrogens with two attached hydrogens (primary N) is 1. The number of likely N-dealkylation sites (tertiary alicyclic amines) is 1. The summed E-state index contributed by atoms with van der Waals surface area (Å²) in [4.78, 5) is 13.8. The maximum absolute atomic E-state index is 13.8. The molecule has 2 rings (SSSR count). The number of nitrogens with zero attached hydrogens (tertiary/aromatic N) is 1. The van der Waals surface area contributed by atoms with Crippen molar-refractivity contribution in [1.29, 1.82) is 0 Å². The summed E-state index contributed by atoms with van der Waals surface area (Å²) in [5.41, 5.74) is 4.72. The maximum atomic E-state index is 13.8. The van der Waals surface area contributed by atoms with E-state index in [1.165, 1.54) is 0 Å². The van der Waals surface area contributed by atoms with Gasteiger partial charge in [0.05, 0.1) is 11.3 Å². The van der Waals surface area contributed by atoms with E-state index in [0.29, 0.717) is 12.5 Å². The van der Waals surface area contributed by atoms with Crippen LogP contribution < -0.4 is 5.73 Å². The number of benzene rings is 1. The standard InChI is InChI=1S/C13H16F2N2O/c1-7-3-8(2)17(6-7)13(18)10-4-9(14)5-11(16)12(10)15/h4-5,7-8H,3,6,16H2,1-2H3. The normalized spacial score (nSPS) is 23.4. The minimum absolute atomic E-state index is 0.0383. The number of hydrogen-bond donors (Lipinski definition) is 1. The van der Waals surface area contributed by atoms with Gasteiger partial charge in [-0.3, -0.25) is 4.79 Å². The highest BCUT2D eigenvalue weighted by Gasteiger charge is 2.32. The summed E-state index contributed by atoms with van der Waals surface area (Å²) in [6, 6.07) is 1.82. The van der Waals surface area contributed by atoms with Gasteiger partial charge in [0.2, 0.25) is 0 Å². The largest absolute Gasteiger partial charge is 0.396 e. The summed E-state index contributed by atoms with van der Waals surface area (Å²) in [6.07, 6.45) is 0.873. The molecule has 2 atom stereocenters. The number of amides is 1. The third kappa shape index (κ3) is 2.17. The van der Waals surface area contributed by atoms with Crippen molar-refractivity contribution in [3.63, 3.8) is 0 Å². The molecule has 0 saturated carbocycles. The number of anilines is 1. The highest BCUT2D eigenvalue weighted by molar-refractivity contribution is 5.95. The van der Waals surface area contributed by atoms with Crippen molar-refractivity contribution in [2.75, 3.05) is 12.3 Å². The second-order valence-corrected chi connectivity index (χ2v) is 5.00. The van der Waals surface area contributed by atoms with Crippen LogP contribution in [0.2, 0.25) is 0 Å². The van der Waals surface area contributed by atoms with Gasteiger partial charge in [-0.05, 0) is 31.4 Å². The van der Waals surface area contributed by atoms with E-state index in [9.17, 15) is 13.6 Å². The molecule has 1 saturated heterocycles. The van der Waals surface area contributed by atoms with Crippen LogP contribution in [0.1, 0.15) is 30.6 Å². The van der Waals surface area contributed by atoms with Crippen molar-refractivity contribution in [2.24, 2.45) is 5.92 Å². The molecule has 98 valence electrons. The van der Waals surface area contributed by atoms with E-state index in [-0.39, 0.29) is 17.3 Å². The van der Waals surface area contributed by atoms with Crippen LogP contribution in [-0.2, 0) is 0 Å². The topological polar surface area (TPSA) is 46.3 Å². The van der Waals surface area contributed by atoms with E-state index in [1.807, 2.05) is 13.8 Å². The highest BCUT2D eigenvalue weighted by atomic mass is 19.1. The lowest BCUT2D eigenvalue weighted by Gasteiger charge is -2.22. The number of carbonyl (C=O) groups excluding carboxylic acids is 1. The SMILES string of the molecule is CC1CC(C)N(C(=O)c2cc(F)cc(N)c2F)C1. The quantitative estimate of drug-likeness (QED) is 0.782. The lowest BCUT2D eigenvalue weighted by molar-refractivity contribution is 0.0738. The molecule has 0 spiro atoms. The lowest BCUT2D eigenvalue weighted by atomic mass is 10.1. The van der Waals surface area contributed by atoms with Gasteiger partial charge in [0.1, 0.15) is 5.82 Å². The van der Waals surface area contributed by atoms with E-state index < -0.39 is 17.5 Å². The van der Waals surface area contributed by atoms with Crippen LogP contribution in [-0.4, -0.2) is 23.4 Å². The summed E-state index contributed by atoms with van der Waals surface area (Å²) in [5, 5.41) is 0. The Morgan fingerprint density at radius 3 is 2.61 bits per heavy atom. The third-order valence-corrected chi connectivity index (χ3v) is 3.34. The van der Waals surface area contributed by atoms with Crippen molar-refractivity contribution in [3.8, 4) is 0 Å². The monoisotopic (exact) mass is 254 g/mol. The highest BCUT2D eigenvalue weighted by Crippen LogP contribution is 2.26. The third-order valence-electron chi connectivity index (χ3n) is 3.34. The minimum Gasteiger partial charge on any atom is -0.396 e. The Hall–Kier alpha value is -1.65. The van der Waals surface area contributed by atoms with Gasteiger partial charge in [0.25, 0.3) is 5.91 Å². The Morgan fingerprint density at radius 1 is 1.39 bits per heavy atom. The van der Waals surface area contributed by atoms with Crippen molar-refractivity contribution < 1.29 is 13.6 Å². The summed E-state index contributed by atoms with van der Waals surface area (Å²) in [7, 11) is 0. The van der Waals surface area contributed by atoms with Crippen molar-refractivity contribution >= 4 is 11.6 Å². The van der Waals surface area contributed by atoms with E-state index in [1.54, 1.807) is 4.90 Å². The second-order valence-electron chi connectivity index (χ2n) is 5.00. The molecule has 1 aliphatic heterocycles. The Labute approximate surface area is 105 Å². The molecule has 0 bridgehead atoms. The van der Waals surface area contributed by atoms with Crippen LogP contribution in [0.5, 0.6) is 0 Å². The number of carbonyl (C=O) groups is 1. The molecule has 0 aliphatic carbocycles. The Balaban J connectivity index is 2.35. The molecule has 1 aromatic carbocycles. The first kappa shape index (κ1) is 12.8. The zero-order chi connectivity index (χ0) is 13.4. The second kappa shape index (κ2) is 4.55. The average molecular weight is 254 g/mol. The smallest absolute Gasteiger partial charge is 0.257 e. The van der Waals surface area contributed by atoms with Gasteiger partial charge in [0.15, 0.2) is 5.82 Å². The molecule has 2 N–H and O–H groups in total. The van der Waals surface area contributed by atoms with Gasteiger partial charge in [-0.1, -0.05) is 6.92 Å². The fourth-order valence-corrected chi connectivity index (χ4v) is 2.50. The fourth-order valence-electron chi connectivity index (χ4n) is 2.50. The average Bonchev–Trinajstić information content (AvgIpc) is 2.62. The molecule has 0 radical (unpaired) electrons. The zero-order valence-corrected chi connectivity index (χ0v) is 10.4. The molecule has 1 aliphatic rings. The Morgan fingerprint density at radius 2 is 2.06 bits per heavy atom. The molecule has 1 heterocycles. The summed E-state index contributed by atoms with van der Waals surface area (Å²) in [6.45, 7) is 4.50. The fraction of sp³-hybridized carbons (Fsp3) is 0.462. The first-order valence-corrected chi connectivity index (χ1v) is 5.95. The van der Waals surface area contributed by atoms with Crippen LogP contribution in [0.15, 0.2) is 12.1 Å². The maximum Gasteiger partial charge on any atom is 0.257 e. The van der Waals surface area contributed by atoms with E-state index in [2.05, 4.69) is 0 Å². The van der Waals surface area contributed by atoms with Gasteiger partial charge in [-0.15, -0.1) is 0 Å². The van der Waals surface area contributed by atoms with Crippen LogP contribution in [0, 0.1) is 17.6 Å². The molecule has 2 unspecified atom stereocenters. The van der Waals surface area contributed by atoms with Crippen molar-refractivity contribution in [2.45, 2.75) is 26.3 Å².